The lowest BCUT2D eigenvalue weighted by Crippen LogP contribution is -2.11. The lowest BCUT2D eigenvalue weighted by atomic mass is 10.2. The van der Waals surface area contributed by atoms with Gasteiger partial charge >= 0.3 is 0 Å². The van der Waals surface area contributed by atoms with Crippen molar-refractivity contribution in [3.8, 4) is 6.07 Å². The highest BCUT2D eigenvalue weighted by atomic mass is 35.5. The van der Waals surface area contributed by atoms with Crippen molar-refractivity contribution in [2.24, 2.45) is 0 Å². The first-order chi connectivity index (χ1) is 9.08. The predicted octanol–water partition coefficient (Wildman–Crippen LogP) is 4.12. The molecule has 0 fully saturated rings. The lowest BCUT2D eigenvalue weighted by Gasteiger charge is -2.06. The fourth-order valence-electron chi connectivity index (χ4n) is 1.52. The van der Waals surface area contributed by atoms with Crippen molar-refractivity contribution in [1.29, 1.82) is 5.26 Å². The van der Waals surface area contributed by atoms with Gasteiger partial charge in [-0.15, -0.1) is 0 Å². The fraction of sp³-hybridized carbons (Fsp3) is 0. The fourth-order valence-corrected chi connectivity index (χ4v) is 2.04. The first-order valence-corrected chi connectivity index (χ1v) is 6.12. The quantitative estimate of drug-likeness (QED) is 0.905. The van der Waals surface area contributed by atoms with Crippen LogP contribution in [0, 0.1) is 11.3 Å². The third-order valence-electron chi connectivity index (χ3n) is 2.40. The molecule has 2 aromatic carbocycles. The average Bonchev–Trinajstić information content (AvgIpc) is 2.38. The summed E-state index contributed by atoms with van der Waals surface area (Å²) in [5.41, 5.74) is 1.51. The smallest absolute Gasteiger partial charge is 0.255 e. The molecule has 0 aromatic heterocycles. The maximum atomic E-state index is 12.0. The molecule has 0 aliphatic carbocycles. The molecule has 0 radical (unpaired) electrons. The molecule has 0 bridgehead atoms. The number of halogens is 2. The number of hydrogen-bond acceptors (Lipinski definition) is 2. The molecule has 2 rings (SSSR count). The Bertz CT molecular complexity index is 640. The minimum absolute atomic E-state index is 0.311. The highest BCUT2D eigenvalue weighted by Crippen LogP contribution is 2.20. The summed E-state index contributed by atoms with van der Waals surface area (Å²) >= 11 is 11.7. The van der Waals surface area contributed by atoms with Gasteiger partial charge in [0.05, 0.1) is 11.6 Å². The number of rotatable bonds is 2. The van der Waals surface area contributed by atoms with Crippen LogP contribution in [0.4, 0.5) is 5.69 Å². The van der Waals surface area contributed by atoms with Crippen molar-refractivity contribution in [3.63, 3.8) is 0 Å². The first-order valence-electron chi connectivity index (χ1n) is 5.36. The molecule has 0 heterocycles. The van der Waals surface area contributed by atoms with E-state index in [0.29, 0.717) is 26.9 Å². The monoisotopic (exact) mass is 290 g/mol. The molecule has 2 aromatic rings. The second kappa shape index (κ2) is 5.75. The van der Waals surface area contributed by atoms with Gasteiger partial charge in [0.25, 0.3) is 5.91 Å². The van der Waals surface area contributed by atoms with E-state index in [2.05, 4.69) is 5.32 Å². The van der Waals surface area contributed by atoms with Gasteiger partial charge in [-0.3, -0.25) is 4.79 Å². The zero-order valence-corrected chi connectivity index (χ0v) is 11.2. The Labute approximate surface area is 120 Å². The Morgan fingerprint density at radius 2 is 1.63 bits per heavy atom. The van der Waals surface area contributed by atoms with Crippen molar-refractivity contribution in [2.45, 2.75) is 0 Å². The minimum atomic E-state index is -0.311. The maximum Gasteiger partial charge on any atom is 0.255 e. The normalized spacial score (nSPS) is 9.74. The van der Waals surface area contributed by atoms with Gasteiger partial charge in [0.2, 0.25) is 0 Å². The number of benzene rings is 2. The molecule has 0 unspecified atom stereocenters. The molecule has 1 amide bonds. The highest BCUT2D eigenvalue weighted by Gasteiger charge is 2.08. The molecular formula is C14H8Cl2N2O. The molecule has 94 valence electrons. The largest absolute Gasteiger partial charge is 0.322 e. The molecule has 0 aliphatic rings. The average molecular weight is 291 g/mol. The number of nitriles is 1. The molecule has 19 heavy (non-hydrogen) atoms. The third-order valence-corrected chi connectivity index (χ3v) is 2.83. The Hall–Kier alpha value is -2.02. The van der Waals surface area contributed by atoms with Crippen LogP contribution in [-0.4, -0.2) is 5.91 Å². The zero-order valence-electron chi connectivity index (χ0n) is 9.65. The Morgan fingerprint density at radius 3 is 2.16 bits per heavy atom. The van der Waals surface area contributed by atoms with E-state index in [-0.39, 0.29) is 5.91 Å². The molecule has 0 saturated heterocycles. The Balaban J connectivity index is 2.18. The van der Waals surface area contributed by atoms with E-state index >= 15 is 0 Å². The van der Waals surface area contributed by atoms with Crippen molar-refractivity contribution < 1.29 is 4.79 Å². The summed E-state index contributed by atoms with van der Waals surface area (Å²) in [6.45, 7) is 0. The first kappa shape index (κ1) is 13.4. The summed E-state index contributed by atoms with van der Waals surface area (Å²) in [5.74, 6) is -0.311. The number of nitrogens with one attached hydrogen (secondary N) is 1. The third kappa shape index (κ3) is 3.47. The van der Waals surface area contributed by atoms with Crippen LogP contribution >= 0.6 is 23.2 Å². The van der Waals surface area contributed by atoms with E-state index in [0.717, 1.165) is 0 Å². The van der Waals surface area contributed by atoms with Gasteiger partial charge in [-0.1, -0.05) is 23.2 Å². The molecule has 0 saturated carbocycles. The molecule has 5 heteroatoms. The Morgan fingerprint density at radius 1 is 1.05 bits per heavy atom. The van der Waals surface area contributed by atoms with E-state index in [9.17, 15) is 4.79 Å². The van der Waals surface area contributed by atoms with Gasteiger partial charge in [-0.05, 0) is 42.5 Å². The summed E-state index contributed by atoms with van der Waals surface area (Å²) in [6, 6.07) is 13.2. The number of carbonyl (C=O) groups is 1. The van der Waals surface area contributed by atoms with Gasteiger partial charge in [0, 0.05) is 21.3 Å². The van der Waals surface area contributed by atoms with Gasteiger partial charge < -0.3 is 5.32 Å². The van der Waals surface area contributed by atoms with Crippen LogP contribution < -0.4 is 5.32 Å². The molecule has 0 atom stereocenters. The van der Waals surface area contributed by atoms with E-state index in [1.54, 1.807) is 30.3 Å². The van der Waals surface area contributed by atoms with Crippen LogP contribution in [-0.2, 0) is 0 Å². The lowest BCUT2D eigenvalue weighted by molar-refractivity contribution is 0.102. The maximum absolute atomic E-state index is 12.0. The van der Waals surface area contributed by atoms with Gasteiger partial charge in [0.1, 0.15) is 0 Å². The number of hydrogen-bond donors (Lipinski definition) is 1. The van der Waals surface area contributed by atoms with E-state index in [1.807, 2.05) is 6.07 Å². The Kier molecular flexibility index (Phi) is 4.06. The van der Waals surface area contributed by atoms with Crippen LogP contribution in [0.25, 0.3) is 0 Å². The summed E-state index contributed by atoms with van der Waals surface area (Å²) in [4.78, 5) is 12.0. The van der Waals surface area contributed by atoms with Crippen LogP contribution in [0.3, 0.4) is 0 Å². The summed E-state index contributed by atoms with van der Waals surface area (Å²) in [7, 11) is 0. The summed E-state index contributed by atoms with van der Waals surface area (Å²) in [5, 5.41) is 12.2. The minimum Gasteiger partial charge on any atom is -0.322 e. The molecular weight excluding hydrogens is 283 g/mol. The number of carbonyl (C=O) groups excluding carboxylic acids is 1. The molecule has 1 N–H and O–H groups in total. The molecule has 3 nitrogen and oxygen atoms in total. The summed E-state index contributed by atoms with van der Waals surface area (Å²) in [6.07, 6.45) is 0. The topological polar surface area (TPSA) is 52.9 Å². The standard InChI is InChI=1S/C14H8Cl2N2O/c15-11-5-10(6-12(16)7-11)14(19)18-13-3-1-9(8-17)2-4-13/h1-7H,(H,18,19). The van der Waals surface area contributed by atoms with E-state index < -0.39 is 0 Å². The van der Waals surface area contributed by atoms with Gasteiger partial charge in [0.15, 0.2) is 0 Å². The zero-order chi connectivity index (χ0) is 13.8. The van der Waals surface area contributed by atoms with Crippen LogP contribution in [0.15, 0.2) is 42.5 Å². The molecule has 0 aliphatic heterocycles. The second-order valence-electron chi connectivity index (χ2n) is 3.80. The summed E-state index contributed by atoms with van der Waals surface area (Å²) < 4.78 is 0. The van der Waals surface area contributed by atoms with Crippen LogP contribution in [0.1, 0.15) is 15.9 Å². The second-order valence-corrected chi connectivity index (χ2v) is 4.67. The van der Waals surface area contributed by atoms with Crippen LogP contribution in [0.5, 0.6) is 0 Å². The van der Waals surface area contributed by atoms with Crippen LogP contribution in [0.2, 0.25) is 10.0 Å². The SMILES string of the molecule is N#Cc1ccc(NC(=O)c2cc(Cl)cc(Cl)c2)cc1. The number of anilines is 1. The van der Waals surface area contributed by atoms with Gasteiger partial charge in [-0.25, -0.2) is 0 Å². The van der Waals surface area contributed by atoms with Crippen molar-refractivity contribution >= 4 is 34.8 Å². The number of nitrogens with zero attached hydrogens (tertiary/aromatic N) is 1. The van der Waals surface area contributed by atoms with Crippen molar-refractivity contribution in [1.82, 2.24) is 0 Å². The van der Waals surface area contributed by atoms with E-state index in [4.69, 9.17) is 28.5 Å². The highest BCUT2D eigenvalue weighted by molar-refractivity contribution is 6.35. The van der Waals surface area contributed by atoms with Crippen molar-refractivity contribution in [3.05, 3.63) is 63.6 Å². The van der Waals surface area contributed by atoms with Crippen molar-refractivity contribution in [2.75, 3.05) is 5.32 Å². The van der Waals surface area contributed by atoms with E-state index in [1.165, 1.54) is 12.1 Å². The van der Waals surface area contributed by atoms with Gasteiger partial charge in [-0.2, -0.15) is 5.26 Å². The number of amides is 1. The molecule has 0 spiro atoms. The predicted molar refractivity (Wildman–Crippen MR) is 75.6 cm³/mol.